The van der Waals surface area contributed by atoms with Gasteiger partial charge in [0.05, 0.1) is 42.1 Å². The summed E-state index contributed by atoms with van der Waals surface area (Å²) in [6, 6.07) is 13.0. The normalized spacial score (nSPS) is 16.8. The largest absolute Gasteiger partial charge is 0.387 e. The van der Waals surface area contributed by atoms with Crippen LogP contribution in [0, 0.1) is 6.92 Å². The summed E-state index contributed by atoms with van der Waals surface area (Å²) in [6.45, 7) is 4.91. The van der Waals surface area contributed by atoms with Crippen LogP contribution in [0.25, 0.3) is 22.4 Å². The lowest BCUT2D eigenvalue weighted by molar-refractivity contribution is -0.0100. The number of nitrogens with zero attached hydrogens (tertiary/aromatic N) is 2. The van der Waals surface area contributed by atoms with Crippen molar-refractivity contribution in [1.29, 1.82) is 0 Å². The highest BCUT2D eigenvalue weighted by atomic mass is 35.5. The summed E-state index contributed by atoms with van der Waals surface area (Å²) in [6.07, 6.45) is 0.786. The molecule has 0 saturated carbocycles. The average Bonchev–Trinajstić information content (AvgIpc) is 3.32. The van der Waals surface area contributed by atoms with Crippen molar-refractivity contribution < 1.29 is 14.6 Å². The third-order valence-electron chi connectivity index (χ3n) is 6.54. The standard InChI is InChI=1S/C27H30ClN5O4/c1-16-10-19(33-8-9-37-20(14-33)15-36-2)12-22-25(16)32-26(31-22)24-21(6-7-29-27(24)35)30-13-23(34)17-4-3-5-18(28)11-17/h3-7,10-12,20,23,34H,8-9,13-15H2,1-2H3,(H,31,32)(H2,29,30,35). The molecule has 0 spiro atoms. The van der Waals surface area contributed by atoms with Crippen LogP contribution in [-0.4, -0.2) is 66.1 Å². The van der Waals surface area contributed by atoms with E-state index in [0.29, 0.717) is 40.9 Å². The second-order valence-corrected chi connectivity index (χ2v) is 9.62. The van der Waals surface area contributed by atoms with Crippen LogP contribution in [0.1, 0.15) is 17.2 Å². The van der Waals surface area contributed by atoms with Crippen LogP contribution < -0.4 is 15.8 Å². The van der Waals surface area contributed by atoms with E-state index in [9.17, 15) is 9.90 Å². The van der Waals surface area contributed by atoms with Crippen molar-refractivity contribution in [3.8, 4) is 11.4 Å². The highest BCUT2D eigenvalue weighted by Gasteiger charge is 2.22. The van der Waals surface area contributed by atoms with E-state index in [0.717, 1.165) is 35.4 Å². The number of aliphatic hydroxyl groups is 1. The van der Waals surface area contributed by atoms with Crippen LogP contribution in [0.15, 0.2) is 53.5 Å². The summed E-state index contributed by atoms with van der Waals surface area (Å²) in [7, 11) is 1.68. The number of aromatic amines is 2. The number of aromatic nitrogens is 3. The number of methoxy groups -OCH3 is 1. The Hall–Kier alpha value is -3.37. The van der Waals surface area contributed by atoms with Gasteiger partial charge in [0.25, 0.3) is 5.56 Å². The Kier molecular flexibility index (Phi) is 7.48. The molecule has 1 fully saturated rings. The number of halogens is 1. The second kappa shape index (κ2) is 10.9. The van der Waals surface area contributed by atoms with Crippen LogP contribution in [0.2, 0.25) is 5.02 Å². The number of anilines is 2. The molecule has 2 unspecified atom stereocenters. The molecule has 0 amide bonds. The minimum absolute atomic E-state index is 0.0193. The molecule has 2 atom stereocenters. The summed E-state index contributed by atoms with van der Waals surface area (Å²) in [4.78, 5) is 26.0. The maximum absolute atomic E-state index is 12.9. The summed E-state index contributed by atoms with van der Waals surface area (Å²) < 4.78 is 11.1. The number of fused-ring (bicyclic) bond motifs is 1. The highest BCUT2D eigenvalue weighted by Crippen LogP contribution is 2.30. The molecule has 0 bridgehead atoms. The summed E-state index contributed by atoms with van der Waals surface area (Å²) >= 11 is 6.06. The molecule has 4 aromatic rings. The van der Waals surface area contributed by atoms with Crippen molar-refractivity contribution in [2.75, 3.05) is 50.2 Å². The van der Waals surface area contributed by atoms with Gasteiger partial charge in [-0.25, -0.2) is 4.98 Å². The lowest BCUT2D eigenvalue weighted by atomic mass is 10.1. The van der Waals surface area contributed by atoms with E-state index in [1.807, 2.05) is 13.0 Å². The first-order valence-corrected chi connectivity index (χ1v) is 12.6. The SMILES string of the molecule is COCC1CN(c2cc(C)c3nc(-c4c(NCC(O)c5cccc(Cl)c5)cc[nH]c4=O)[nH]c3c2)CCO1. The van der Waals surface area contributed by atoms with Gasteiger partial charge in [-0.1, -0.05) is 23.7 Å². The minimum Gasteiger partial charge on any atom is -0.387 e. The maximum Gasteiger partial charge on any atom is 0.261 e. The third-order valence-corrected chi connectivity index (χ3v) is 6.77. The number of aryl methyl sites for hydroxylation is 1. The first kappa shape index (κ1) is 25.3. The van der Waals surface area contributed by atoms with Crippen LogP contribution in [0.4, 0.5) is 11.4 Å². The van der Waals surface area contributed by atoms with Crippen LogP contribution >= 0.6 is 11.6 Å². The predicted molar refractivity (Wildman–Crippen MR) is 146 cm³/mol. The van der Waals surface area contributed by atoms with Gasteiger partial charge in [-0.2, -0.15) is 0 Å². The molecular weight excluding hydrogens is 494 g/mol. The summed E-state index contributed by atoms with van der Waals surface area (Å²) in [5.41, 5.74) is 5.06. The molecular formula is C27H30ClN5O4. The Bertz CT molecular complexity index is 1450. The molecule has 10 heteroatoms. The molecule has 0 radical (unpaired) electrons. The molecule has 4 N–H and O–H groups in total. The number of morpholine rings is 1. The molecule has 9 nitrogen and oxygen atoms in total. The number of rotatable bonds is 8. The molecule has 0 aliphatic carbocycles. The molecule has 1 aliphatic rings. The number of hydrogen-bond acceptors (Lipinski definition) is 7. The fourth-order valence-electron chi connectivity index (χ4n) is 4.71. The van der Waals surface area contributed by atoms with Gasteiger partial charge >= 0.3 is 0 Å². The molecule has 2 aromatic carbocycles. The number of imidazole rings is 1. The average molecular weight is 524 g/mol. The number of pyridine rings is 1. The molecule has 194 valence electrons. The zero-order chi connectivity index (χ0) is 25.9. The van der Waals surface area contributed by atoms with E-state index in [1.54, 1.807) is 37.6 Å². The van der Waals surface area contributed by atoms with Gasteiger partial charge in [0.2, 0.25) is 0 Å². The molecule has 5 rings (SSSR count). The summed E-state index contributed by atoms with van der Waals surface area (Å²) in [5.74, 6) is 0.455. The van der Waals surface area contributed by atoms with Gasteiger partial charge in [0, 0.05) is 43.7 Å². The van der Waals surface area contributed by atoms with Gasteiger partial charge < -0.3 is 34.8 Å². The second-order valence-electron chi connectivity index (χ2n) is 9.19. The number of ether oxygens (including phenoxy) is 2. The predicted octanol–water partition coefficient (Wildman–Crippen LogP) is 3.88. The van der Waals surface area contributed by atoms with Crippen molar-refractivity contribution in [2.45, 2.75) is 19.1 Å². The van der Waals surface area contributed by atoms with E-state index in [1.165, 1.54) is 0 Å². The van der Waals surface area contributed by atoms with E-state index in [4.69, 9.17) is 26.1 Å². The Morgan fingerprint density at radius 3 is 3.00 bits per heavy atom. The van der Waals surface area contributed by atoms with Crippen molar-refractivity contribution in [3.63, 3.8) is 0 Å². The molecule has 2 aromatic heterocycles. The van der Waals surface area contributed by atoms with Crippen LogP contribution in [0.5, 0.6) is 0 Å². The number of H-pyrrole nitrogens is 2. The van der Waals surface area contributed by atoms with Gasteiger partial charge in [-0.3, -0.25) is 4.79 Å². The van der Waals surface area contributed by atoms with Crippen molar-refractivity contribution in [3.05, 3.63) is 75.2 Å². The van der Waals surface area contributed by atoms with Crippen LogP contribution in [-0.2, 0) is 9.47 Å². The monoisotopic (exact) mass is 523 g/mol. The number of nitrogens with one attached hydrogen (secondary N) is 3. The molecule has 37 heavy (non-hydrogen) atoms. The topological polar surface area (TPSA) is 115 Å². The van der Waals surface area contributed by atoms with Gasteiger partial charge in [-0.15, -0.1) is 0 Å². The number of aliphatic hydroxyl groups excluding tert-OH is 1. The Morgan fingerprint density at radius 1 is 1.32 bits per heavy atom. The molecule has 1 saturated heterocycles. The van der Waals surface area contributed by atoms with Gasteiger partial charge in [0.1, 0.15) is 11.4 Å². The van der Waals surface area contributed by atoms with Crippen molar-refractivity contribution in [1.82, 2.24) is 15.0 Å². The van der Waals surface area contributed by atoms with E-state index < -0.39 is 6.10 Å². The van der Waals surface area contributed by atoms with Crippen molar-refractivity contribution in [2.24, 2.45) is 0 Å². The number of hydrogen-bond donors (Lipinski definition) is 4. The molecule has 1 aliphatic heterocycles. The molecule has 3 heterocycles. The van der Waals surface area contributed by atoms with Gasteiger partial charge in [-0.05, 0) is 48.4 Å². The minimum atomic E-state index is -0.804. The smallest absolute Gasteiger partial charge is 0.261 e. The van der Waals surface area contributed by atoms with E-state index >= 15 is 0 Å². The van der Waals surface area contributed by atoms with Gasteiger partial charge in [0.15, 0.2) is 0 Å². The highest BCUT2D eigenvalue weighted by molar-refractivity contribution is 6.30. The first-order chi connectivity index (χ1) is 17.9. The van der Waals surface area contributed by atoms with E-state index in [-0.39, 0.29) is 18.2 Å². The zero-order valence-electron chi connectivity index (χ0n) is 20.8. The first-order valence-electron chi connectivity index (χ1n) is 12.2. The Morgan fingerprint density at radius 2 is 2.19 bits per heavy atom. The lowest BCUT2D eigenvalue weighted by Crippen LogP contribution is -2.44. The van der Waals surface area contributed by atoms with E-state index in [2.05, 4.69) is 32.3 Å². The van der Waals surface area contributed by atoms with Crippen molar-refractivity contribution >= 4 is 34.0 Å². The quantitative estimate of drug-likeness (QED) is 0.277. The maximum atomic E-state index is 12.9. The van der Waals surface area contributed by atoms with Crippen LogP contribution in [0.3, 0.4) is 0 Å². The Balaban J connectivity index is 1.43. The number of benzene rings is 2. The summed E-state index contributed by atoms with van der Waals surface area (Å²) in [5, 5.41) is 14.4. The fraction of sp³-hybridized carbons (Fsp3) is 0.333. The zero-order valence-corrected chi connectivity index (χ0v) is 21.5. The Labute approximate surface area is 219 Å². The fourth-order valence-corrected chi connectivity index (χ4v) is 4.91. The third kappa shape index (κ3) is 5.50. The lowest BCUT2D eigenvalue weighted by Gasteiger charge is -2.34.